The van der Waals surface area contributed by atoms with Crippen LogP contribution in [0.3, 0.4) is 0 Å². The monoisotopic (exact) mass is 274 g/mol. The van der Waals surface area contributed by atoms with Crippen LogP contribution in [0.4, 0.5) is 0 Å². The van der Waals surface area contributed by atoms with E-state index >= 15 is 0 Å². The molecule has 1 aromatic heterocycles. The second kappa shape index (κ2) is 4.73. The largest absolute Gasteiger partial charge is 0.392 e. The van der Waals surface area contributed by atoms with E-state index in [2.05, 4.69) is 18.2 Å². The van der Waals surface area contributed by atoms with E-state index in [9.17, 15) is 5.11 Å². The van der Waals surface area contributed by atoms with Crippen molar-refractivity contribution in [1.29, 1.82) is 0 Å². The van der Waals surface area contributed by atoms with Crippen molar-refractivity contribution >= 4 is 33.0 Å². The van der Waals surface area contributed by atoms with Crippen molar-refractivity contribution in [2.75, 3.05) is 0 Å². The fourth-order valence-electron chi connectivity index (χ4n) is 1.97. The van der Waals surface area contributed by atoms with Crippen molar-refractivity contribution in [2.45, 2.75) is 6.61 Å². The quantitative estimate of drug-likeness (QED) is 0.717. The summed E-state index contributed by atoms with van der Waals surface area (Å²) >= 11 is 7.96. The summed E-state index contributed by atoms with van der Waals surface area (Å²) in [4.78, 5) is 1.14. The van der Waals surface area contributed by atoms with Crippen LogP contribution in [0.25, 0.3) is 20.5 Å². The van der Waals surface area contributed by atoms with Gasteiger partial charge in [0.15, 0.2) is 0 Å². The highest BCUT2D eigenvalue weighted by Gasteiger charge is 2.08. The Morgan fingerprint density at radius 3 is 2.67 bits per heavy atom. The topological polar surface area (TPSA) is 20.2 Å². The molecular weight excluding hydrogens is 264 g/mol. The van der Waals surface area contributed by atoms with Gasteiger partial charge in [-0.15, -0.1) is 11.3 Å². The van der Waals surface area contributed by atoms with Crippen LogP contribution in [0, 0.1) is 0 Å². The molecule has 90 valence electrons. The van der Waals surface area contributed by atoms with Crippen molar-refractivity contribution in [2.24, 2.45) is 0 Å². The summed E-state index contributed by atoms with van der Waals surface area (Å²) in [5.74, 6) is 0. The van der Waals surface area contributed by atoms with Crippen LogP contribution in [0.1, 0.15) is 5.56 Å². The van der Waals surface area contributed by atoms with E-state index in [-0.39, 0.29) is 6.61 Å². The minimum absolute atomic E-state index is 0.0368. The van der Waals surface area contributed by atoms with Crippen LogP contribution >= 0.6 is 22.9 Å². The lowest BCUT2D eigenvalue weighted by Gasteiger charge is -2.03. The van der Waals surface area contributed by atoms with Crippen LogP contribution in [0.5, 0.6) is 0 Å². The Kier molecular flexibility index (Phi) is 3.08. The number of halogens is 1. The predicted molar refractivity (Wildman–Crippen MR) is 78.2 cm³/mol. The number of hydrogen-bond acceptors (Lipinski definition) is 2. The number of aliphatic hydroxyl groups excluding tert-OH is 1. The SMILES string of the molecule is OCc1ccc(Cl)c(-c2cc3ccccc3s2)c1. The van der Waals surface area contributed by atoms with Gasteiger partial charge in [-0.3, -0.25) is 0 Å². The lowest BCUT2D eigenvalue weighted by Crippen LogP contribution is -1.84. The van der Waals surface area contributed by atoms with E-state index in [0.29, 0.717) is 0 Å². The van der Waals surface area contributed by atoms with Crippen molar-refractivity contribution < 1.29 is 5.11 Å². The first-order chi connectivity index (χ1) is 8.78. The van der Waals surface area contributed by atoms with Gasteiger partial charge in [-0.25, -0.2) is 0 Å². The molecule has 0 atom stereocenters. The van der Waals surface area contributed by atoms with Gasteiger partial charge in [-0.2, -0.15) is 0 Å². The number of thiophene rings is 1. The minimum Gasteiger partial charge on any atom is -0.392 e. The Labute approximate surface area is 114 Å². The third kappa shape index (κ3) is 2.03. The van der Waals surface area contributed by atoms with Crippen LogP contribution < -0.4 is 0 Å². The van der Waals surface area contributed by atoms with Gasteiger partial charge < -0.3 is 5.11 Å². The van der Waals surface area contributed by atoms with E-state index < -0.39 is 0 Å². The molecule has 0 radical (unpaired) electrons. The van der Waals surface area contributed by atoms with Crippen LogP contribution in [-0.4, -0.2) is 5.11 Å². The second-order valence-corrected chi connectivity index (χ2v) is 5.61. The maximum Gasteiger partial charge on any atom is 0.0682 e. The molecule has 18 heavy (non-hydrogen) atoms. The molecule has 1 nitrogen and oxygen atoms in total. The molecule has 0 saturated carbocycles. The molecule has 0 aliphatic rings. The Bertz CT molecular complexity index is 670. The maximum atomic E-state index is 9.20. The smallest absolute Gasteiger partial charge is 0.0682 e. The standard InChI is InChI=1S/C15H11ClOS/c16-13-6-5-10(9-17)7-12(13)15-8-11-3-1-2-4-14(11)18-15/h1-8,17H,9H2. The number of aliphatic hydroxyl groups is 1. The van der Waals surface area contributed by atoms with Gasteiger partial charge >= 0.3 is 0 Å². The van der Waals surface area contributed by atoms with E-state index in [1.165, 1.54) is 10.1 Å². The molecule has 1 N–H and O–H groups in total. The van der Waals surface area contributed by atoms with Crippen LogP contribution in [-0.2, 0) is 6.61 Å². The highest BCUT2D eigenvalue weighted by molar-refractivity contribution is 7.22. The Hall–Kier alpha value is -1.35. The van der Waals surface area contributed by atoms with Gasteiger partial charge in [-0.1, -0.05) is 35.9 Å². The summed E-state index contributed by atoms with van der Waals surface area (Å²) in [6, 6.07) is 16.0. The van der Waals surface area contributed by atoms with E-state index in [1.807, 2.05) is 30.3 Å². The van der Waals surface area contributed by atoms with E-state index in [1.54, 1.807) is 11.3 Å². The first kappa shape index (κ1) is 11.7. The molecule has 0 unspecified atom stereocenters. The fourth-order valence-corrected chi connectivity index (χ4v) is 3.34. The molecule has 0 amide bonds. The molecule has 0 bridgehead atoms. The third-order valence-corrected chi connectivity index (χ3v) is 4.38. The average molecular weight is 275 g/mol. The summed E-state index contributed by atoms with van der Waals surface area (Å²) in [7, 11) is 0. The van der Waals surface area contributed by atoms with Gasteiger partial charge in [-0.05, 0) is 35.2 Å². The molecule has 0 fully saturated rings. The van der Waals surface area contributed by atoms with Crippen molar-refractivity contribution in [3.63, 3.8) is 0 Å². The second-order valence-electron chi connectivity index (χ2n) is 4.12. The zero-order valence-corrected chi connectivity index (χ0v) is 11.1. The summed E-state index contributed by atoms with van der Waals surface area (Å²) in [5, 5.41) is 11.1. The van der Waals surface area contributed by atoms with Gasteiger partial charge in [0.25, 0.3) is 0 Å². The molecule has 2 aromatic carbocycles. The molecule has 3 aromatic rings. The summed E-state index contributed by atoms with van der Waals surface area (Å²) in [6.07, 6.45) is 0. The third-order valence-electron chi connectivity index (χ3n) is 2.90. The summed E-state index contributed by atoms with van der Waals surface area (Å²) in [5.41, 5.74) is 1.87. The van der Waals surface area contributed by atoms with Gasteiger partial charge in [0, 0.05) is 20.2 Å². The van der Waals surface area contributed by atoms with E-state index in [4.69, 9.17) is 11.6 Å². The van der Waals surface area contributed by atoms with Crippen molar-refractivity contribution in [3.8, 4) is 10.4 Å². The van der Waals surface area contributed by atoms with Crippen LogP contribution in [0.15, 0.2) is 48.5 Å². The highest BCUT2D eigenvalue weighted by atomic mass is 35.5. The van der Waals surface area contributed by atoms with Gasteiger partial charge in [0.2, 0.25) is 0 Å². The average Bonchev–Trinajstić information content (AvgIpc) is 2.82. The molecule has 3 heteroatoms. The molecular formula is C15H11ClOS. The normalized spacial score (nSPS) is 11.0. The maximum absolute atomic E-state index is 9.20. The Morgan fingerprint density at radius 1 is 1.06 bits per heavy atom. The molecule has 0 spiro atoms. The first-order valence-electron chi connectivity index (χ1n) is 5.66. The molecule has 3 rings (SSSR count). The zero-order valence-electron chi connectivity index (χ0n) is 9.56. The Balaban J connectivity index is 2.19. The van der Waals surface area contributed by atoms with Crippen molar-refractivity contribution in [1.82, 2.24) is 0 Å². The first-order valence-corrected chi connectivity index (χ1v) is 6.85. The van der Waals surface area contributed by atoms with Crippen molar-refractivity contribution in [3.05, 3.63) is 59.1 Å². The lowest BCUT2D eigenvalue weighted by atomic mass is 10.1. The number of benzene rings is 2. The summed E-state index contributed by atoms with van der Waals surface area (Å²) < 4.78 is 1.25. The predicted octanol–water partition coefficient (Wildman–Crippen LogP) is 4.71. The minimum atomic E-state index is 0.0368. The molecule has 0 saturated heterocycles. The molecule has 0 aliphatic carbocycles. The molecule has 0 aliphatic heterocycles. The van der Waals surface area contributed by atoms with Gasteiger partial charge in [0.05, 0.1) is 6.61 Å². The highest BCUT2D eigenvalue weighted by Crippen LogP contribution is 2.37. The number of fused-ring (bicyclic) bond motifs is 1. The fraction of sp³-hybridized carbons (Fsp3) is 0.0667. The van der Waals surface area contributed by atoms with Gasteiger partial charge in [0.1, 0.15) is 0 Å². The zero-order chi connectivity index (χ0) is 12.5. The summed E-state index contributed by atoms with van der Waals surface area (Å²) in [6.45, 7) is 0.0368. The molecule has 1 heterocycles. The van der Waals surface area contributed by atoms with Crippen LogP contribution in [0.2, 0.25) is 5.02 Å². The number of rotatable bonds is 2. The van der Waals surface area contributed by atoms with E-state index in [0.717, 1.165) is 21.0 Å². The number of hydrogen-bond donors (Lipinski definition) is 1. The lowest BCUT2D eigenvalue weighted by molar-refractivity contribution is 0.282. The Morgan fingerprint density at radius 2 is 1.89 bits per heavy atom.